The fourth-order valence-electron chi connectivity index (χ4n) is 3.26. The second-order valence-corrected chi connectivity index (χ2v) is 7.93. The third-order valence-electron chi connectivity index (χ3n) is 4.96. The molecule has 4 rings (SSSR count). The van der Waals surface area contributed by atoms with Gasteiger partial charge in [0.25, 0.3) is 0 Å². The Morgan fingerprint density at radius 2 is 1.90 bits per heavy atom. The average molecular weight is 410 g/mol. The van der Waals surface area contributed by atoms with Crippen LogP contribution in [0.15, 0.2) is 53.7 Å². The quantitative estimate of drug-likeness (QED) is 0.671. The zero-order valence-electron chi connectivity index (χ0n) is 16.5. The van der Waals surface area contributed by atoms with Crippen molar-refractivity contribution in [2.75, 3.05) is 17.9 Å². The molecule has 3 aromatic rings. The Hall–Kier alpha value is -3.00. The fraction of sp³-hybridized carbons (Fsp3) is 0.286. The monoisotopic (exact) mass is 409 g/mol. The lowest BCUT2D eigenvalue weighted by Crippen LogP contribution is -2.41. The first-order chi connectivity index (χ1) is 14.1. The summed E-state index contributed by atoms with van der Waals surface area (Å²) in [5.41, 5.74) is 6.40. The average Bonchev–Trinajstić information content (AvgIpc) is 3.13. The molecule has 1 aliphatic rings. The number of nitrogens with one attached hydrogen (secondary N) is 2. The van der Waals surface area contributed by atoms with Crippen LogP contribution in [0.2, 0.25) is 0 Å². The summed E-state index contributed by atoms with van der Waals surface area (Å²) in [6.45, 7) is 3.99. The summed E-state index contributed by atoms with van der Waals surface area (Å²) in [6.07, 6.45) is 0.963. The van der Waals surface area contributed by atoms with Gasteiger partial charge in [0.1, 0.15) is 16.8 Å². The molecule has 29 heavy (non-hydrogen) atoms. The number of benzene rings is 2. The molecule has 0 unspecified atom stereocenters. The molecule has 1 aliphatic heterocycles. The molecular formula is C21H23N5O2S. The van der Waals surface area contributed by atoms with Gasteiger partial charge in [0.15, 0.2) is 0 Å². The van der Waals surface area contributed by atoms with E-state index in [0.717, 1.165) is 29.2 Å². The summed E-state index contributed by atoms with van der Waals surface area (Å²) in [6, 6.07) is 15.4. The number of nitrogens with zero attached hydrogens (tertiary/aromatic N) is 3. The van der Waals surface area contributed by atoms with Gasteiger partial charge in [-0.3, -0.25) is 4.79 Å². The highest BCUT2D eigenvalue weighted by molar-refractivity contribution is 8.00. The lowest BCUT2D eigenvalue weighted by molar-refractivity contribution is -0.116. The maximum atomic E-state index is 13.2. The highest BCUT2D eigenvalue weighted by atomic mass is 32.2. The van der Waals surface area contributed by atoms with Gasteiger partial charge < -0.3 is 15.5 Å². The Labute approximate surface area is 173 Å². The third-order valence-corrected chi connectivity index (χ3v) is 6.18. The van der Waals surface area contributed by atoms with Crippen LogP contribution in [0.4, 0.5) is 5.69 Å². The van der Waals surface area contributed by atoms with E-state index in [-0.39, 0.29) is 11.9 Å². The van der Waals surface area contributed by atoms with Gasteiger partial charge in [-0.1, -0.05) is 43.0 Å². The molecule has 2 heterocycles. The zero-order valence-corrected chi connectivity index (χ0v) is 17.4. The van der Waals surface area contributed by atoms with E-state index < -0.39 is 5.25 Å². The molecule has 0 bridgehead atoms. The molecule has 8 heteroatoms. The predicted molar refractivity (Wildman–Crippen MR) is 114 cm³/mol. The fourth-order valence-corrected chi connectivity index (χ4v) is 4.38. The highest BCUT2D eigenvalue weighted by Crippen LogP contribution is 2.37. The van der Waals surface area contributed by atoms with Crippen molar-refractivity contribution in [1.82, 2.24) is 14.9 Å². The van der Waals surface area contributed by atoms with E-state index in [1.54, 1.807) is 7.11 Å². The molecule has 2 aromatic carbocycles. The molecular weight excluding hydrogens is 386 g/mol. The minimum absolute atomic E-state index is 0.0838. The Morgan fingerprint density at radius 3 is 2.55 bits per heavy atom. The maximum absolute atomic E-state index is 13.2. The lowest BCUT2D eigenvalue weighted by atomic mass is 10.0. The van der Waals surface area contributed by atoms with Gasteiger partial charge in [-0.15, -0.1) is 10.2 Å². The summed E-state index contributed by atoms with van der Waals surface area (Å²) in [7, 11) is 1.64. The van der Waals surface area contributed by atoms with E-state index in [1.165, 1.54) is 17.3 Å². The molecule has 0 saturated carbocycles. The van der Waals surface area contributed by atoms with Crippen LogP contribution in [0.25, 0.3) is 0 Å². The van der Waals surface area contributed by atoms with Gasteiger partial charge in [0, 0.05) is 5.69 Å². The topological polar surface area (TPSA) is 81.1 Å². The molecule has 1 aromatic heterocycles. The number of fused-ring (bicyclic) bond motifs is 1. The van der Waals surface area contributed by atoms with Crippen molar-refractivity contribution in [2.24, 2.45) is 0 Å². The smallest absolute Gasteiger partial charge is 0.240 e. The molecule has 7 nitrogen and oxygen atoms in total. The summed E-state index contributed by atoms with van der Waals surface area (Å²) in [5, 5.41) is 11.6. The molecule has 150 valence electrons. The molecule has 0 aliphatic carbocycles. The van der Waals surface area contributed by atoms with Gasteiger partial charge in [-0.2, -0.15) is 0 Å². The van der Waals surface area contributed by atoms with Crippen LogP contribution in [0.3, 0.4) is 0 Å². The summed E-state index contributed by atoms with van der Waals surface area (Å²) >= 11 is 1.41. The predicted octanol–water partition coefficient (Wildman–Crippen LogP) is 3.56. The molecule has 0 spiro atoms. The minimum Gasteiger partial charge on any atom is -0.497 e. The molecule has 0 fully saturated rings. The number of ether oxygens (including phenoxy) is 1. The Balaban J connectivity index is 1.62. The number of carbonyl (C=O) groups excluding carboxylic acids is 1. The van der Waals surface area contributed by atoms with Gasteiger partial charge in [0.2, 0.25) is 11.1 Å². The van der Waals surface area contributed by atoms with E-state index in [1.807, 2.05) is 60.1 Å². The number of aryl methyl sites for hydroxylation is 2. The Bertz CT molecular complexity index is 1000. The second kappa shape index (κ2) is 8.16. The van der Waals surface area contributed by atoms with E-state index in [2.05, 4.69) is 27.9 Å². The Kier molecular flexibility index (Phi) is 5.44. The van der Waals surface area contributed by atoms with Crippen molar-refractivity contribution in [1.29, 1.82) is 0 Å². The first kappa shape index (κ1) is 19.3. The van der Waals surface area contributed by atoms with Crippen molar-refractivity contribution in [3.8, 4) is 5.75 Å². The van der Waals surface area contributed by atoms with Gasteiger partial charge in [-0.05, 0) is 48.7 Å². The van der Waals surface area contributed by atoms with Crippen LogP contribution in [0, 0.1) is 6.92 Å². The van der Waals surface area contributed by atoms with Crippen LogP contribution >= 0.6 is 11.8 Å². The van der Waals surface area contributed by atoms with Gasteiger partial charge in [0.05, 0.1) is 13.2 Å². The van der Waals surface area contributed by atoms with Crippen LogP contribution in [-0.2, 0) is 11.2 Å². The molecule has 0 saturated heterocycles. The number of methoxy groups -OCH3 is 1. The number of thioether (sulfide) groups is 1. The van der Waals surface area contributed by atoms with E-state index >= 15 is 0 Å². The standard InChI is InChI=1S/C21H23N5O2S/c1-4-14-5-9-16(10-6-14)22-20(27)19-18(15-7-11-17(28-3)12-8-15)25-26-13(2)23-24-21(26)29-19/h5-12,18-19,25H,4H2,1-3H3,(H,22,27)/t18-,19+/m1/s1. The first-order valence-corrected chi connectivity index (χ1v) is 10.4. The van der Waals surface area contributed by atoms with Crippen LogP contribution in [-0.4, -0.2) is 33.1 Å². The second-order valence-electron chi connectivity index (χ2n) is 6.82. The third kappa shape index (κ3) is 3.93. The number of hydrogen-bond acceptors (Lipinski definition) is 6. The Morgan fingerprint density at radius 1 is 1.17 bits per heavy atom. The number of anilines is 1. The van der Waals surface area contributed by atoms with Gasteiger partial charge in [-0.25, -0.2) is 4.68 Å². The largest absolute Gasteiger partial charge is 0.497 e. The van der Waals surface area contributed by atoms with Crippen molar-refractivity contribution in [3.63, 3.8) is 0 Å². The molecule has 0 radical (unpaired) electrons. The van der Waals surface area contributed by atoms with Crippen molar-refractivity contribution >= 4 is 23.4 Å². The summed E-state index contributed by atoms with van der Waals surface area (Å²) in [5.74, 6) is 1.44. The highest BCUT2D eigenvalue weighted by Gasteiger charge is 2.37. The SMILES string of the molecule is CCc1ccc(NC(=O)[C@H]2Sc3nnc(C)n3N[C@@H]2c2ccc(OC)cc2)cc1. The lowest BCUT2D eigenvalue weighted by Gasteiger charge is -2.32. The number of amides is 1. The number of aromatic nitrogens is 3. The maximum Gasteiger partial charge on any atom is 0.240 e. The number of hydrogen-bond donors (Lipinski definition) is 2. The van der Waals surface area contributed by atoms with Crippen LogP contribution in [0.5, 0.6) is 5.75 Å². The number of rotatable bonds is 5. The van der Waals surface area contributed by atoms with Crippen molar-refractivity contribution in [2.45, 2.75) is 36.7 Å². The molecule has 1 amide bonds. The number of carbonyl (C=O) groups is 1. The van der Waals surface area contributed by atoms with E-state index in [0.29, 0.717) is 5.16 Å². The van der Waals surface area contributed by atoms with E-state index in [4.69, 9.17) is 4.74 Å². The normalized spacial score (nSPS) is 17.9. The van der Waals surface area contributed by atoms with Crippen molar-refractivity contribution in [3.05, 3.63) is 65.5 Å². The molecule has 2 atom stereocenters. The summed E-state index contributed by atoms with van der Waals surface area (Å²) < 4.78 is 7.09. The first-order valence-electron chi connectivity index (χ1n) is 9.48. The molecule has 2 N–H and O–H groups in total. The van der Waals surface area contributed by atoms with Gasteiger partial charge >= 0.3 is 0 Å². The van der Waals surface area contributed by atoms with E-state index in [9.17, 15) is 4.79 Å². The zero-order chi connectivity index (χ0) is 20.4. The van der Waals surface area contributed by atoms with Crippen molar-refractivity contribution < 1.29 is 9.53 Å². The minimum atomic E-state index is -0.412. The summed E-state index contributed by atoms with van der Waals surface area (Å²) in [4.78, 5) is 13.2. The van der Waals surface area contributed by atoms with Crippen LogP contribution < -0.4 is 15.5 Å². The van der Waals surface area contributed by atoms with Crippen LogP contribution in [0.1, 0.15) is 29.9 Å².